The minimum absolute atomic E-state index is 0.0960. The van der Waals surface area contributed by atoms with Gasteiger partial charge in [0.1, 0.15) is 11.7 Å². The van der Waals surface area contributed by atoms with Crippen LogP contribution in [0.2, 0.25) is 0 Å². The minimum Gasteiger partial charge on any atom is -0.290 e. The van der Waals surface area contributed by atoms with Gasteiger partial charge in [0.25, 0.3) is 5.91 Å². The van der Waals surface area contributed by atoms with Crippen molar-refractivity contribution in [3.8, 4) is 0 Å². The molecule has 3 nitrogen and oxygen atoms in total. The fourth-order valence-corrected chi connectivity index (χ4v) is 4.64. The topological polar surface area (TPSA) is 23.6 Å². The Bertz CT molecular complexity index is 979. The molecule has 29 heavy (non-hydrogen) atoms. The summed E-state index contributed by atoms with van der Waals surface area (Å²) in [5.41, 5.74) is 2.01. The van der Waals surface area contributed by atoms with Crippen LogP contribution in [0.4, 0.5) is 5.69 Å². The summed E-state index contributed by atoms with van der Waals surface area (Å²) in [5, 5.41) is 0. The number of amides is 1. The van der Waals surface area contributed by atoms with Gasteiger partial charge in [-0.25, -0.2) is 0 Å². The zero-order chi connectivity index (χ0) is 20.6. The van der Waals surface area contributed by atoms with Crippen molar-refractivity contribution >= 4 is 11.6 Å². The lowest BCUT2D eigenvalue weighted by atomic mass is 9.86. The van der Waals surface area contributed by atoms with Gasteiger partial charge in [0.2, 0.25) is 0 Å². The lowest BCUT2D eigenvalue weighted by Crippen LogP contribution is -2.53. The maximum absolute atomic E-state index is 14.2. The second-order valence-electron chi connectivity index (χ2n) is 8.77. The average Bonchev–Trinajstić information content (AvgIpc) is 2.99. The standard InChI is InChI=1S/C26H28N2O/c1-25(2,3)28-23(20-14-8-5-9-15-20)27(22-18-12-7-13-19-22)24(29)26(28,4)21-16-10-6-11-17-21/h5-19,23H,1-4H3. The molecule has 2 unspecified atom stereocenters. The van der Waals surface area contributed by atoms with Gasteiger partial charge < -0.3 is 0 Å². The van der Waals surface area contributed by atoms with E-state index >= 15 is 0 Å². The van der Waals surface area contributed by atoms with Gasteiger partial charge in [-0.15, -0.1) is 0 Å². The quantitative estimate of drug-likeness (QED) is 0.574. The van der Waals surface area contributed by atoms with E-state index in [9.17, 15) is 4.79 Å². The van der Waals surface area contributed by atoms with Gasteiger partial charge in [0.15, 0.2) is 0 Å². The number of carbonyl (C=O) groups is 1. The third-order valence-corrected chi connectivity index (χ3v) is 5.80. The number of hydrogen-bond donors (Lipinski definition) is 0. The van der Waals surface area contributed by atoms with Crippen LogP contribution in [0.1, 0.15) is 45.0 Å². The summed E-state index contributed by atoms with van der Waals surface area (Å²) < 4.78 is 0. The molecule has 0 bridgehead atoms. The SMILES string of the molecule is CC(C)(C)N1C(c2ccccc2)N(c2ccccc2)C(=O)C1(C)c1ccccc1. The van der Waals surface area contributed by atoms with Gasteiger partial charge in [-0.2, -0.15) is 0 Å². The third kappa shape index (κ3) is 3.16. The molecule has 1 saturated heterocycles. The van der Waals surface area contributed by atoms with E-state index in [1.807, 2.05) is 71.6 Å². The molecule has 3 heteroatoms. The van der Waals surface area contributed by atoms with Gasteiger partial charge in [0.05, 0.1) is 0 Å². The van der Waals surface area contributed by atoms with E-state index in [0.717, 1.165) is 16.8 Å². The van der Waals surface area contributed by atoms with Crippen LogP contribution >= 0.6 is 0 Å². The Hall–Kier alpha value is -2.91. The highest BCUT2D eigenvalue weighted by Crippen LogP contribution is 2.51. The summed E-state index contributed by atoms with van der Waals surface area (Å²) in [6, 6.07) is 30.5. The third-order valence-electron chi connectivity index (χ3n) is 5.80. The monoisotopic (exact) mass is 384 g/mol. The maximum atomic E-state index is 14.2. The van der Waals surface area contributed by atoms with Crippen LogP contribution in [0.15, 0.2) is 91.0 Å². The molecule has 1 heterocycles. The van der Waals surface area contributed by atoms with Gasteiger partial charge in [0, 0.05) is 11.2 Å². The Labute approximate surface area is 173 Å². The second kappa shape index (κ2) is 7.16. The molecular weight excluding hydrogens is 356 g/mol. The molecule has 0 spiro atoms. The molecule has 1 aliphatic rings. The van der Waals surface area contributed by atoms with E-state index in [-0.39, 0.29) is 17.6 Å². The maximum Gasteiger partial charge on any atom is 0.253 e. The van der Waals surface area contributed by atoms with Gasteiger partial charge in [-0.1, -0.05) is 78.9 Å². The molecule has 1 fully saturated rings. The van der Waals surface area contributed by atoms with Crippen molar-refractivity contribution in [2.75, 3.05) is 4.90 Å². The molecule has 148 valence electrons. The first-order chi connectivity index (χ1) is 13.8. The first-order valence-electron chi connectivity index (χ1n) is 10.1. The summed E-state index contributed by atoms with van der Waals surface area (Å²) in [6.45, 7) is 8.62. The van der Waals surface area contributed by atoms with Crippen molar-refractivity contribution < 1.29 is 4.79 Å². The van der Waals surface area contributed by atoms with Crippen LogP contribution in [-0.4, -0.2) is 16.3 Å². The molecule has 0 saturated carbocycles. The molecule has 3 aromatic rings. The number of rotatable bonds is 3. The Kier molecular flexibility index (Phi) is 4.79. The van der Waals surface area contributed by atoms with E-state index in [1.165, 1.54) is 0 Å². The number of para-hydroxylation sites is 1. The molecule has 0 aromatic heterocycles. The van der Waals surface area contributed by atoms with Crippen LogP contribution in [0.3, 0.4) is 0 Å². The molecule has 2 atom stereocenters. The fourth-order valence-electron chi connectivity index (χ4n) is 4.64. The molecule has 3 aromatic carbocycles. The van der Waals surface area contributed by atoms with Gasteiger partial charge in [-0.3, -0.25) is 14.6 Å². The Balaban J connectivity index is 2.00. The van der Waals surface area contributed by atoms with Crippen LogP contribution in [0, 0.1) is 0 Å². The highest BCUT2D eigenvalue weighted by Gasteiger charge is 2.59. The summed E-state index contributed by atoms with van der Waals surface area (Å²) in [4.78, 5) is 18.5. The Morgan fingerprint density at radius 3 is 1.76 bits per heavy atom. The molecular formula is C26H28N2O. The summed E-state index contributed by atoms with van der Waals surface area (Å²) in [5.74, 6) is 0.0960. The number of carbonyl (C=O) groups excluding carboxylic acids is 1. The average molecular weight is 385 g/mol. The van der Waals surface area contributed by atoms with Crippen LogP contribution in [0.25, 0.3) is 0 Å². The van der Waals surface area contributed by atoms with Crippen molar-refractivity contribution in [2.45, 2.75) is 44.9 Å². The smallest absolute Gasteiger partial charge is 0.253 e. The van der Waals surface area contributed by atoms with Gasteiger partial charge in [-0.05, 0) is 51.0 Å². The van der Waals surface area contributed by atoms with Crippen molar-refractivity contribution in [3.05, 3.63) is 102 Å². The van der Waals surface area contributed by atoms with E-state index in [0.29, 0.717) is 0 Å². The number of hydrogen-bond acceptors (Lipinski definition) is 2. The van der Waals surface area contributed by atoms with Crippen molar-refractivity contribution in [3.63, 3.8) is 0 Å². The van der Waals surface area contributed by atoms with Crippen LogP contribution in [-0.2, 0) is 10.3 Å². The zero-order valence-electron chi connectivity index (χ0n) is 17.5. The van der Waals surface area contributed by atoms with E-state index in [1.54, 1.807) is 0 Å². The largest absolute Gasteiger partial charge is 0.290 e. The molecule has 1 amide bonds. The minimum atomic E-state index is -0.782. The Morgan fingerprint density at radius 1 is 0.759 bits per heavy atom. The Morgan fingerprint density at radius 2 is 1.24 bits per heavy atom. The summed E-state index contributed by atoms with van der Waals surface area (Å²) in [7, 11) is 0. The van der Waals surface area contributed by atoms with E-state index in [4.69, 9.17) is 0 Å². The lowest BCUT2D eigenvalue weighted by Gasteiger charge is -2.45. The first-order valence-corrected chi connectivity index (χ1v) is 10.1. The van der Waals surface area contributed by atoms with E-state index < -0.39 is 5.54 Å². The highest BCUT2D eigenvalue weighted by atomic mass is 16.2. The molecule has 0 radical (unpaired) electrons. The lowest BCUT2D eigenvalue weighted by molar-refractivity contribution is -0.127. The first kappa shape index (κ1) is 19.4. The van der Waals surface area contributed by atoms with Crippen molar-refractivity contribution in [2.24, 2.45) is 0 Å². The molecule has 1 aliphatic heterocycles. The predicted molar refractivity (Wildman–Crippen MR) is 118 cm³/mol. The highest BCUT2D eigenvalue weighted by molar-refractivity contribution is 6.03. The number of benzene rings is 3. The summed E-state index contributed by atoms with van der Waals surface area (Å²) >= 11 is 0. The predicted octanol–water partition coefficient (Wildman–Crippen LogP) is 5.75. The van der Waals surface area contributed by atoms with E-state index in [2.05, 4.69) is 56.9 Å². The normalized spacial score (nSPS) is 22.8. The van der Waals surface area contributed by atoms with Crippen molar-refractivity contribution in [1.29, 1.82) is 0 Å². The molecule has 0 N–H and O–H groups in total. The summed E-state index contributed by atoms with van der Waals surface area (Å²) in [6.07, 6.45) is -0.198. The second-order valence-corrected chi connectivity index (χ2v) is 8.77. The number of anilines is 1. The van der Waals surface area contributed by atoms with Crippen molar-refractivity contribution in [1.82, 2.24) is 4.90 Å². The van der Waals surface area contributed by atoms with Crippen LogP contribution in [0.5, 0.6) is 0 Å². The van der Waals surface area contributed by atoms with Crippen LogP contribution < -0.4 is 4.90 Å². The number of nitrogens with zero attached hydrogens (tertiary/aromatic N) is 2. The molecule has 4 rings (SSSR count). The molecule has 0 aliphatic carbocycles. The zero-order valence-corrected chi connectivity index (χ0v) is 17.5. The fraction of sp³-hybridized carbons (Fsp3) is 0.269. The van der Waals surface area contributed by atoms with Gasteiger partial charge >= 0.3 is 0 Å².